The van der Waals surface area contributed by atoms with Crippen LogP contribution in [0.3, 0.4) is 0 Å². The Bertz CT molecular complexity index is 894. The molecule has 1 fully saturated rings. The Balaban J connectivity index is 1.52. The van der Waals surface area contributed by atoms with Gasteiger partial charge in [-0.3, -0.25) is 9.78 Å². The van der Waals surface area contributed by atoms with Gasteiger partial charge < -0.3 is 9.64 Å². The van der Waals surface area contributed by atoms with Crippen LogP contribution >= 0.6 is 11.3 Å². The SMILES string of the molecule is CN(Cc1cccc2ncccc12)C(=O)c1ccc([C@H]2CCCO2)s1. The molecule has 0 unspecified atom stereocenters. The van der Waals surface area contributed by atoms with Gasteiger partial charge in [0.1, 0.15) is 0 Å². The molecule has 0 spiro atoms. The van der Waals surface area contributed by atoms with Gasteiger partial charge in [-0.2, -0.15) is 0 Å². The summed E-state index contributed by atoms with van der Waals surface area (Å²) in [5.41, 5.74) is 2.06. The molecule has 1 atom stereocenters. The first-order chi connectivity index (χ1) is 12.2. The van der Waals surface area contributed by atoms with Crippen molar-refractivity contribution >= 4 is 28.1 Å². The molecule has 1 aliphatic heterocycles. The highest BCUT2D eigenvalue weighted by Crippen LogP contribution is 2.33. The zero-order valence-electron chi connectivity index (χ0n) is 14.1. The number of benzene rings is 1. The molecular formula is C20H20N2O2S. The molecule has 1 amide bonds. The topological polar surface area (TPSA) is 42.4 Å². The van der Waals surface area contributed by atoms with E-state index in [0.29, 0.717) is 6.54 Å². The predicted octanol–water partition coefficient (Wildman–Crippen LogP) is 4.42. The fraction of sp³-hybridized carbons (Fsp3) is 0.300. The molecule has 3 aromatic rings. The quantitative estimate of drug-likeness (QED) is 0.698. The molecule has 0 saturated carbocycles. The summed E-state index contributed by atoms with van der Waals surface area (Å²) in [6.45, 7) is 1.38. The zero-order valence-corrected chi connectivity index (χ0v) is 15.0. The summed E-state index contributed by atoms with van der Waals surface area (Å²) in [5, 5.41) is 1.09. The van der Waals surface area contributed by atoms with Gasteiger partial charge in [-0.05, 0) is 42.7 Å². The summed E-state index contributed by atoms with van der Waals surface area (Å²) in [7, 11) is 1.85. The van der Waals surface area contributed by atoms with Gasteiger partial charge in [0.25, 0.3) is 5.91 Å². The third-order valence-corrected chi connectivity index (χ3v) is 5.74. The maximum absolute atomic E-state index is 12.8. The van der Waals surface area contributed by atoms with Crippen LogP contribution in [0.25, 0.3) is 10.9 Å². The molecular weight excluding hydrogens is 332 g/mol. The van der Waals surface area contributed by atoms with Crippen molar-refractivity contribution in [2.45, 2.75) is 25.5 Å². The lowest BCUT2D eigenvalue weighted by Gasteiger charge is -2.17. The van der Waals surface area contributed by atoms with Gasteiger partial charge in [0, 0.05) is 36.7 Å². The van der Waals surface area contributed by atoms with Crippen molar-refractivity contribution in [1.29, 1.82) is 0 Å². The van der Waals surface area contributed by atoms with Crippen molar-refractivity contribution in [2.24, 2.45) is 0 Å². The number of nitrogens with zero attached hydrogens (tertiary/aromatic N) is 2. The van der Waals surface area contributed by atoms with Gasteiger partial charge in [0.15, 0.2) is 0 Å². The van der Waals surface area contributed by atoms with E-state index in [0.717, 1.165) is 45.7 Å². The van der Waals surface area contributed by atoms with E-state index >= 15 is 0 Å². The minimum atomic E-state index is 0.0511. The lowest BCUT2D eigenvalue weighted by molar-refractivity contribution is 0.0790. The number of fused-ring (bicyclic) bond motifs is 1. The van der Waals surface area contributed by atoms with Crippen molar-refractivity contribution in [3.63, 3.8) is 0 Å². The molecule has 0 radical (unpaired) electrons. The number of carbonyl (C=O) groups excluding carboxylic acids is 1. The van der Waals surface area contributed by atoms with Crippen LogP contribution in [-0.4, -0.2) is 29.4 Å². The standard InChI is InChI=1S/C20H20N2O2S/c1-22(13-14-5-2-7-16-15(14)6-3-11-21-16)20(23)19-10-9-18(25-19)17-8-4-12-24-17/h2-3,5-7,9-11,17H,4,8,12-13H2,1H3/t17-/m1/s1. The van der Waals surface area contributed by atoms with E-state index in [4.69, 9.17) is 4.74 Å². The molecule has 0 N–H and O–H groups in total. The highest BCUT2D eigenvalue weighted by molar-refractivity contribution is 7.14. The van der Waals surface area contributed by atoms with Crippen molar-refractivity contribution in [2.75, 3.05) is 13.7 Å². The number of pyridine rings is 1. The second kappa shape index (κ2) is 6.94. The van der Waals surface area contributed by atoms with E-state index in [2.05, 4.69) is 17.1 Å². The number of ether oxygens (including phenoxy) is 1. The minimum Gasteiger partial charge on any atom is -0.373 e. The number of hydrogen-bond donors (Lipinski definition) is 0. The van der Waals surface area contributed by atoms with Crippen LogP contribution in [0.5, 0.6) is 0 Å². The van der Waals surface area contributed by atoms with Gasteiger partial charge in [-0.1, -0.05) is 18.2 Å². The number of thiophene rings is 1. The molecule has 1 saturated heterocycles. The fourth-order valence-electron chi connectivity index (χ4n) is 3.26. The molecule has 1 aliphatic rings. The van der Waals surface area contributed by atoms with Crippen LogP contribution in [0.15, 0.2) is 48.7 Å². The Hall–Kier alpha value is -2.24. The zero-order chi connectivity index (χ0) is 17.2. The average Bonchev–Trinajstić information content (AvgIpc) is 3.32. The van der Waals surface area contributed by atoms with Crippen LogP contribution < -0.4 is 0 Å². The highest BCUT2D eigenvalue weighted by Gasteiger charge is 2.22. The van der Waals surface area contributed by atoms with E-state index < -0.39 is 0 Å². The molecule has 1 aromatic carbocycles. The summed E-state index contributed by atoms with van der Waals surface area (Å²) in [4.78, 5) is 20.9. The Morgan fingerprint density at radius 3 is 3.04 bits per heavy atom. The predicted molar refractivity (Wildman–Crippen MR) is 99.8 cm³/mol. The Labute approximate surface area is 151 Å². The smallest absolute Gasteiger partial charge is 0.263 e. The van der Waals surface area contributed by atoms with Crippen LogP contribution in [0.4, 0.5) is 0 Å². The van der Waals surface area contributed by atoms with Crippen LogP contribution in [0, 0.1) is 0 Å². The second-order valence-electron chi connectivity index (χ2n) is 6.35. The van der Waals surface area contributed by atoms with Crippen LogP contribution in [0.2, 0.25) is 0 Å². The second-order valence-corrected chi connectivity index (χ2v) is 7.47. The largest absolute Gasteiger partial charge is 0.373 e. The minimum absolute atomic E-state index is 0.0511. The van der Waals surface area contributed by atoms with Crippen molar-refractivity contribution in [3.8, 4) is 0 Å². The van der Waals surface area contributed by atoms with Gasteiger partial charge in [0.05, 0.1) is 16.5 Å². The summed E-state index contributed by atoms with van der Waals surface area (Å²) in [5.74, 6) is 0.0511. The molecule has 128 valence electrons. The number of aromatic nitrogens is 1. The number of amides is 1. The monoisotopic (exact) mass is 352 g/mol. The van der Waals surface area contributed by atoms with Gasteiger partial charge in [0.2, 0.25) is 0 Å². The van der Waals surface area contributed by atoms with E-state index in [9.17, 15) is 4.79 Å². The van der Waals surface area contributed by atoms with E-state index in [1.54, 1.807) is 22.4 Å². The van der Waals surface area contributed by atoms with Gasteiger partial charge in [-0.15, -0.1) is 11.3 Å². The van der Waals surface area contributed by atoms with E-state index in [1.807, 2.05) is 37.4 Å². The summed E-state index contributed by atoms with van der Waals surface area (Å²) in [6.07, 6.45) is 4.11. The maximum atomic E-state index is 12.8. The maximum Gasteiger partial charge on any atom is 0.263 e. The fourth-order valence-corrected chi connectivity index (χ4v) is 4.35. The van der Waals surface area contributed by atoms with Crippen LogP contribution in [-0.2, 0) is 11.3 Å². The summed E-state index contributed by atoms with van der Waals surface area (Å²) in [6, 6.07) is 14.0. The molecule has 0 aliphatic carbocycles. The van der Waals surface area contributed by atoms with Crippen molar-refractivity contribution in [3.05, 3.63) is 64.0 Å². The molecule has 0 bridgehead atoms. The van der Waals surface area contributed by atoms with Gasteiger partial charge >= 0.3 is 0 Å². The summed E-state index contributed by atoms with van der Waals surface area (Å²) >= 11 is 1.55. The van der Waals surface area contributed by atoms with E-state index in [-0.39, 0.29) is 12.0 Å². The van der Waals surface area contributed by atoms with Crippen molar-refractivity contribution < 1.29 is 9.53 Å². The average molecular weight is 352 g/mol. The molecule has 4 nitrogen and oxygen atoms in total. The third-order valence-electron chi connectivity index (χ3n) is 4.57. The third kappa shape index (κ3) is 3.30. The molecule has 25 heavy (non-hydrogen) atoms. The number of carbonyl (C=O) groups is 1. The molecule has 4 rings (SSSR count). The Kier molecular flexibility index (Phi) is 4.51. The first-order valence-electron chi connectivity index (χ1n) is 8.52. The van der Waals surface area contributed by atoms with Crippen LogP contribution in [0.1, 0.15) is 39.1 Å². The first-order valence-corrected chi connectivity index (χ1v) is 9.33. The first kappa shape index (κ1) is 16.2. The number of hydrogen-bond acceptors (Lipinski definition) is 4. The van der Waals surface area contributed by atoms with Gasteiger partial charge in [-0.25, -0.2) is 0 Å². The lowest BCUT2D eigenvalue weighted by Crippen LogP contribution is -2.25. The lowest BCUT2D eigenvalue weighted by atomic mass is 10.1. The molecule has 2 aromatic heterocycles. The Morgan fingerprint density at radius 1 is 1.28 bits per heavy atom. The van der Waals surface area contributed by atoms with E-state index in [1.165, 1.54) is 0 Å². The molecule has 5 heteroatoms. The van der Waals surface area contributed by atoms with Crippen molar-refractivity contribution in [1.82, 2.24) is 9.88 Å². The molecule has 3 heterocycles. The highest BCUT2D eigenvalue weighted by atomic mass is 32.1. The Morgan fingerprint density at radius 2 is 2.20 bits per heavy atom. The summed E-state index contributed by atoms with van der Waals surface area (Å²) < 4.78 is 5.71. The number of rotatable bonds is 4. The normalized spacial score (nSPS) is 17.1.